The van der Waals surface area contributed by atoms with Crippen molar-refractivity contribution in [1.82, 2.24) is 0 Å². The van der Waals surface area contributed by atoms with Gasteiger partial charge < -0.3 is 0 Å². The van der Waals surface area contributed by atoms with Gasteiger partial charge in [0, 0.05) is 34.8 Å². The highest BCUT2D eigenvalue weighted by atomic mass is 16.1. The number of aryl methyl sites for hydroxylation is 1. The fourth-order valence-electron chi connectivity index (χ4n) is 5.55. The van der Waals surface area contributed by atoms with E-state index in [1.54, 1.807) is 0 Å². The number of benzene rings is 2. The van der Waals surface area contributed by atoms with Crippen LogP contribution in [-0.4, -0.2) is 17.3 Å². The molecule has 0 saturated heterocycles. The summed E-state index contributed by atoms with van der Waals surface area (Å²) >= 11 is 0. The van der Waals surface area contributed by atoms with Gasteiger partial charge in [-0.25, -0.2) is 0 Å². The second-order valence-corrected chi connectivity index (χ2v) is 10.0. The second kappa shape index (κ2) is 7.40. The van der Waals surface area contributed by atoms with Crippen molar-refractivity contribution in [3.05, 3.63) is 76.4 Å². The molecule has 0 bridgehead atoms. The zero-order valence-corrected chi connectivity index (χ0v) is 18.6. The van der Waals surface area contributed by atoms with Crippen molar-refractivity contribution in [2.45, 2.75) is 58.8 Å². The van der Waals surface area contributed by atoms with Crippen molar-refractivity contribution in [1.29, 1.82) is 0 Å². The molecule has 5 rings (SSSR count). The molecule has 0 unspecified atom stereocenters. The van der Waals surface area contributed by atoms with E-state index in [9.17, 15) is 9.59 Å². The molecule has 0 N–H and O–H groups in total. The minimum absolute atomic E-state index is 0.0334. The third-order valence-corrected chi connectivity index (χ3v) is 7.00. The lowest BCUT2D eigenvalue weighted by atomic mass is 9.63. The summed E-state index contributed by atoms with van der Waals surface area (Å²) in [5.74, 6) is -0.325. The van der Waals surface area contributed by atoms with Gasteiger partial charge in [-0.2, -0.15) is 0 Å². The first-order valence-electron chi connectivity index (χ1n) is 11.5. The van der Waals surface area contributed by atoms with Crippen molar-refractivity contribution < 1.29 is 9.59 Å². The molecule has 158 valence electrons. The summed E-state index contributed by atoms with van der Waals surface area (Å²) in [6.07, 6.45) is 4.72. The van der Waals surface area contributed by atoms with Crippen LogP contribution in [0.2, 0.25) is 0 Å². The van der Waals surface area contributed by atoms with Crippen molar-refractivity contribution in [3.8, 4) is 0 Å². The molecule has 1 saturated carbocycles. The fraction of sp³-hybridized carbons (Fsp3) is 0.393. The van der Waals surface area contributed by atoms with E-state index >= 15 is 0 Å². The van der Waals surface area contributed by atoms with E-state index in [1.165, 1.54) is 18.4 Å². The molecule has 1 aliphatic heterocycles. The number of carbonyl (C=O) groups excluding carboxylic acids is 2. The Bertz CT molecular complexity index is 1130. The number of ketones is 2. The van der Waals surface area contributed by atoms with E-state index in [1.807, 2.05) is 24.3 Å². The monoisotopic (exact) mass is 411 g/mol. The zero-order chi connectivity index (χ0) is 21.8. The number of fused-ring (bicyclic) bond motifs is 3. The zero-order valence-electron chi connectivity index (χ0n) is 18.6. The third kappa shape index (κ3) is 3.31. The highest BCUT2D eigenvalue weighted by molar-refractivity contribution is 6.25. The molecule has 1 heterocycles. The molecule has 31 heavy (non-hydrogen) atoms. The molecule has 3 aliphatic rings. The van der Waals surface area contributed by atoms with Crippen LogP contribution >= 0.6 is 0 Å². The predicted octanol–water partition coefficient (Wildman–Crippen LogP) is 6.18. The SMILES string of the molecule is CCCCc1ccc([C@H]2C3=C(N=C4CC(C)(C)CC(=O)[C@@H]42)c2ccccc2C3=O)cc1. The number of nitrogens with zero attached hydrogens (tertiary/aromatic N) is 1. The van der Waals surface area contributed by atoms with Gasteiger partial charge in [0.1, 0.15) is 5.78 Å². The molecule has 0 radical (unpaired) electrons. The van der Waals surface area contributed by atoms with E-state index in [0.717, 1.165) is 35.4 Å². The predicted molar refractivity (Wildman–Crippen MR) is 124 cm³/mol. The van der Waals surface area contributed by atoms with Gasteiger partial charge in [0.25, 0.3) is 0 Å². The summed E-state index contributed by atoms with van der Waals surface area (Å²) in [5, 5.41) is 0. The summed E-state index contributed by atoms with van der Waals surface area (Å²) in [6, 6.07) is 16.3. The number of hydrogen-bond acceptors (Lipinski definition) is 3. The minimum atomic E-state index is -0.327. The lowest BCUT2D eigenvalue weighted by Gasteiger charge is -2.40. The van der Waals surface area contributed by atoms with E-state index in [2.05, 4.69) is 45.0 Å². The summed E-state index contributed by atoms with van der Waals surface area (Å²) in [5.41, 5.74) is 6.34. The van der Waals surface area contributed by atoms with Crippen molar-refractivity contribution >= 4 is 23.0 Å². The second-order valence-electron chi connectivity index (χ2n) is 10.0. The molecule has 1 fully saturated rings. The third-order valence-electron chi connectivity index (χ3n) is 7.00. The highest BCUT2D eigenvalue weighted by Gasteiger charge is 2.49. The van der Waals surface area contributed by atoms with E-state index in [4.69, 9.17) is 4.99 Å². The Hall–Kier alpha value is -2.81. The first kappa shape index (κ1) is 20.1. The van der Waals surface area contributed by atoms with Crippen LogP contribution in [0.1, 0.15) is 79.4 Å². The molecule has 2 atom stereocenters. The molecule has 0 amide bonds. The molecular formula is C28H29NO2. The molecule has 0 aromatic heterocycles. The number of rotatable bonds is 4. The summed E-state index contributed by atoms with van der Waals surface area (Å²) < 4.78 is 0. The van der Waals surface area contributed by atoms with Crippen LogP contribution < -0.4 is 0 Å². The van der Waals surface area contributed by atoms with Gasteiger partial charge in [-0.3, -0.25) is 14.6 Å². The lowest BCUT2D eigenvalue weighted by Crippen LogP contribution is -2.43. The van der Waals surface area contributed by atoms with Gasteiger partial charge in [-0.15, -0.1) is 0 Å². The molecule has 0 spiro atoms. The molecular weight excluding hydrogens is 382 g/mol. The largest absolute Gasteiger partial charge is 0.299 e. The number of hydrogen-bond donors (Lipinski definition) is 0. The summed E-state index contributed by atoms with van der Waals surface area (Å²) in [6.45, 7) is 6.47. The normalized spacial score (nSPS) is 23.9. The standard InChI is InChI=1S/C28H29NO2/c1-4-5-8-17-11-13-18(14-12-17)23-24-21(15-28(2,3)16-22(24)30)29-26-19-9-6-7-10-20(19)27(31)25(23)26/h6-7,9-14,23-24H,4-5,8,15-16H2,1-3H3/t23-,24-/m1/s1. The molecule has 2 aromatic carbocycles. The van der Waals surface area contributed by atoms with Crippen LogP contribution in [0.5, 0.6) is 0 Å². The van der Waals surface area contributed by atoms with Crippen LogP contribution in [0.4, 0.5) is 0 Å². The van der Waals surface area contributed by atoms with Crippen LogP contribution in [0.3, 0.4) is 0 Å². The number of carbonyl (C=O) groups is 2. The first-order chi connectivity index (χ1) is 14.9. The van der Waals surface area contributed by atoms with Gasteiger partial charge in [0.15, 0.2) is 5.78 Å². The maximum atomic E-state index is 13.5. The van der Waals surface area contributed by atoms with Crippen LogP contribution in [0.15, 0.2) is 59.1 Å². The Labute approximate surface area is 184 Å². The van der Waals surface area contributed by atoms with E-state index < -0.39 is 0 Å². The fourth-order valence-corrected chi connectivity index (χ4v) is 5.55. The quantitative estimate of drug-likeness (QED) is 0.603. The minimum Gasteiger partial charge on any atom is -0.299 e. The Morgan fingerprint density at radius 1 is 0.935 bits per heavy atom. The molecule has 2 aromatic rings. The molecule has 3 heteroatoms. The average Bonchev–Trinajstić information content (AvgIpc) is 3.02. The summed E-state index contributed by atoms with van der Waals surface area (Å²) in [7, 11) is 0. The number of unbranched alkanes of at least 4 members (excludes halogenated alkanes) is 1. The van der Waals surface area contributed by atoms with Gasteiger partial charge in [0.2, 0.25) is 0 Å². The smallest absolute Gasteiger partial charge is 0.192 e. The van der Waals surface area contributed by atoms with Gasteiger partial charge in [-0.05, 0) is 35.8 Å². The maximum absolute atomic E-state index is 13.5. The average molecular weight is 412 g/mol. The topological polar surface area (TPSA) is 46.5 Å². The van der Waals surface area contributed by atoms with Crippen molar-refractivity contribution in [3.63, 3.8) is 0 Å². The van der Waals surface area contributed by atoms with Crippen molar-refractivity contribution in [2.75, 3.05) is 0 Å². The van der Waals surface area contributed by atoms with Gasteiger partial charge in [0.05, 0.1) is 11.6 Å². The number of allylic oxidation sites excluding steroid dienone is 1. The van der Waals surface area contributed by atoms with Gasteiger partial charge >= 0.3 is 0 Å². The Kier molecular flexibility index (Phi) is 4.80. The van der Waals surface area contributed by atoms with E-state index in [-0.39, 0.29) is 28.8 Å². The number of aliphatic imine (C=N–C) groups is 1. The van der Waals surface area contributed by atoms with Crippen LogP contribution in [0, 0.1) is 11.3 Å². The van der Waals surface area contributed by atoms with Gasteiger partial charge in [-0.1, -0.05) is 75.7 Å². The van der Waals surface area contributed by atoms with Crippen molar-refractivity contribution in [2.24, 2.45) is 16.3 Å². The maximum Gasteiger partial charge on any atom is 0.192 e. The lowest BCUT2D eigenvalue weighted by molar-refractivity contribution is -0.124. The Morgan fingerprint density at radius 2 is 1.65 bits per heavy atom. The van der Waals surface area contributed by atoms with E-state index in [0.29, 0.717) is 17.6 Å². The Balaban J connectivity index is 1.65. The molecule has 3 nitrogen and oxygen atoms in total. The molecule has 2 aliphatic carbocycles. The number of Topliss-reactive ketones (excluding diaryl/α,β-unsaturated/α-hetero) is 2. The summed E-state index contributed by atoms with van der Waals surface area (Å²) in [4.78, 5) is 31.9. The Morgan fingerprint density at radius 3 is 2.35 bits per heavy atom. The van der Waals surface area contributed by atoms with Crippen LogP contribution in [-0.2, 0) is 11.2 Å². The highest BCUT2D eigenvalue weighted by Crippen LogP contribution is 2.51. The first-order valence-corrected chi connectivity index (χ1v) is 11.5. The van der Waals surface area contributed by atoms with Crippen LogP contribution in [0.25, 0.3) is 5.70 Å².